The number of aliphatic hydroxyl groups excluding tert-OH is 1. The van der Waals surface area contributed by atoms with E-state index in [0.717, 1.165) is 130 Å². The van der Waals surface area contributed by atoms with Gasteiger partial charge in [0.15, 0.2) is 5.78 Å². The third-order valence-electron chi connectivity index (χ3n) is 16.2. The van der Waals surface area contributed by atoms with Crippen molar-refractivity contribution in [2.45, 2.75) is 93.9 Å². The second-order valence-electron chi connectivity index (χ2n) is 20.7. The molecule has 0 aliphatic carbocycles. The highest BCUT2D eigenvalue weighted by molar-refractivity contribution is 5.97. The number of Topliss-reactive ketones (excluding diaryl/α,β-unsaturated/α-hetero) is 1. The molecule has 406 valence electrons. The van der Waals surface area contributed by atoms with Crippen LogP contribution in [0.1, 0.15) is 126 Å². The van der Waals surface area contributed by atoms with Gasteiger partial charge in [-0.3, -0.25) is 14.4 Å². The molecule has 2 N–H and O–H groups in total. The molecule has 0 radical (unpaired) electrons. The van der Waals surface area contributed by atoms with E-state index >= 15 is 0 Å². The van der Waals surface area contributed by atoms with E-state index in [-0.39, 0.29) is 46.3 Å². The van der Waals surface area contributed by atoms with Crippen LogP contribution in [0.4, 0.5) is 0 Å². The lowest BCUT2D eigenvalue weighted by molar-refractivity contribution is -0.0113. The molecule has 0 saturated carbocycles. The third kappa shape index (κ3) is 12.4. The maximum absolute atomic E-state index is 12.8. The Kier molecular flexibility index (Phi) is 16.8. The molecule has 3 fully saturated rings. The minimum absolute atomic E-state index is 0.0227. The van der Waals surface area contributed by atoms with Crippen LogP contribution in [0.3, 0.4) is 0 Å². The molecule has 3 saturated heterocycles. The van der Waals surface area contributed by atoms with Gasteiger partial charge >= 0.3 is 11.9 Å². The minimum Gasteiger partial charge on any atom is -0.497 e. The highest BCUT2D eigenvalue weighted by Crippen LogP contribution is 2.43. The molecule has 5 aromatic rings. The summed E-state index contributed by atoms with van der Waals surface area (Å²) >= 11 is 0. The first-order chi connectivity index (χ1) is 37.3. The predicted molar refractivity (Wildman–Crippen MR) is 287 cm³/mol. The number of amides is 2. The van der Waals surface area contributed by atoms with Crippen molar-refractivity contribution in [3.63, 3.8) is 0 Å². The number of benzene rings is 5. The van der Waals surface area contributed by atoms with Crippen molar-refractivity contribution in [1.82, 2.24) is 15.1 Å². The Labute approximate surface area is 449 Å². The predicted octanol–water partition coefficient (Wildman–Crippen LogP) is 8.27. The fourth-order valence-corrected chi connectivity index (χ4v) is 11.3. The van der Waals surface area contributed by atoms with Gasteiger partial charge < -0.3 is 53.4 Å². The number of methoxy groups -OCH3 is 4. The summed E-state index contributed by atoms with van der Waals surface area (Å²) in [7, 11) is 5.99. The number of carbonyl (C=O) groups is 5. The van der Waals surface area contributed by atoms with Gasteiger partial charge in [-0.05, 0) is 160 Å². The average Bonchev–Trinajstić information content (AvgIpc) is 3.48. The van der Waals surface area contributed by atoms with Crippen molar-refractivity contribution in [2.75, 3.05) is 74.3 Å². The van der Waals surface area contributed by atoms with Crippen LogP contribution in [-0.2, 0) is 28.7 Å². The van der Waals surface area contributed by atoms with Crippen molar-refractivity contribution in [3.8, 4) is 28.7 Å². The quantitative estimate of drug-likeness (QED) is 0.112. The number of aryl methyl sites for hydroxylation is 3. The molecule has 11 rings (SSSR count). The molecule has 77 heavy (non-hydrogen) atoms. The number of carbonyl (C=O) groups excluding carboxylic acids is 5. The van der Waals surface area contributed by atoms with E-state index in [9.17, 15) is 24.0 Å². The van der Waals surface area contributed by atoms with E-state index in [1.54, 1.807) is 87.0 Å². The summed E-state index contributed by atoms with van der Waals surface area (Å²) in [6.07, 6.45) is 10.8. The summed E-state index contributed by atoms with van der Waals surface area (Å²) in [5.41, 5.74) is 5.62. The van der Waals surface area contributed by atoms with E-state index in [1.165, 1.54) is 19.8 Å². The number of likely N-dealkylation sites (tertiary alicyclic amines) is 2. The van der Waals surface area contributed by atoms with E-state index in [2.05, 4.69) is 5.32 Å². The largest absolute Gasteiger partial charge is 0.497 e. The Bertz CT molecular complexity index is 2780. The SMILES string of the molecule is COC(=O)c1ccc2c(c1)OC1(CC2)CCN(C(=O)c2ccc(OC)cc2)CC1.COC(=O)c1ccc2c(c1)OC1(CCNCC1)CC2.COc1ccc(C(=O)N2CCC3(CCc4ccc(C(=O)CO)cc4O3)CC2)cc1. The van der Waals surface area contributed by atoms with Crippen molar-refractivity contribution in [2.24, 2.45) is 0 Å². The van der Waals surface area contributed by atoms with Crippen LogP contribution < -0.4 is 29.0 Å². The van der Waals surface area contributed by atoms with Gasteiger partial charge in [-0.25, -0.2) is 9.59 Å². The van der Waals surface area contributed by atoms with Crippen LogP contribution in [-0.4, -0.2) is 136 Å². The Balaban J connectivity index is 0.000000144. The molecule has 6 heterocycles. The Morgan fingerprint density at radius 2 is 0.805 bits per heavy atom. The van der Waals surface area contributed by atoms with Gasteiger partial charge in [-0.2, -0.15) is 0 Å². The molecule has 5 aromatic carbocycles. The second kappa shape index (κ2) is 23.9. The van der Waals surface area contributed by atoms with Gasteiger partial charge in [0, 0.05) is 68.6 Å². The molecular weight excluding hydrogens is 983 g/mol. The van der Waals surface area contributed by atoms with Crippen molar-refractivity contribution < 1.29 is 62.2 Å². The number of nitrogens with one attached hydrogen (secondary N) is 1. The molecule has 16 heteroatoms. The highest BCUT2D eigenvalue weighted by Gasteiger charge is 2.43. The van der Waals surface area contributed by atoms with Crippen LogP contribution in [0.25, 0.3) is 0 Å². The minimum atomic E-state index is -0.508. The lowest BCUT2D eigenvalue weighted by atomic mass is 9.82. The number of rotatable bonds is 8. The summed E-state index contributed by atoms with van der Waals surface area (Å²) in [5.74, 6) is 2.88. The van der Waals surface area contributed by atoms with E-state index in [1.807, 2.05) is 40.1 Å². The van der Waals surface area contributed by atoms with Gasteiger partial charge in [0.1, 0.15) is 52.2 Å². The van der Waals surface area contributed by atoms with Gasteiger partial charge in [-0.15, -0.1) is 0 Å². The monoisotopic (exact) mass is 1050 g/mol. The van der Waals surface area contributed by atoms with E-state index in [0.29, 0.717) is 54.0 Å². The van der Waals surface area contributed by atoms with E-state index < -0.39 is 6.61 Å². The topological polar surface area (TPSA) is 189 Å². The summed E-state index contributed by atoms with van der Waals surface area (Å²) in [6, 6.07) is 30.9. The number of esters is 2. The molecule has 0 aromatic heterocycles. The number of nitrogens with zero attached hydrogens (tertiary/aromatic N) is 2. The number of ether oxygens (including phenoxy) is 7. The molecule has 6 aliphatic rings. The number of piperidine rings is 3. The van der Waals surface area contributed by atoms with Crippen LogP contribution in [0, 0.1) is 0 Å². The Hall–Kier alpha value is -7.43. The number of fused-ring (bicyclic) bond motifs is 3. The van der Waals surface area contributed by atoms with Crippen molar-refractivity contribution >= 4 is 29.5 Å². The number of ketones is 1. The van der Waals surface area contributed by atoms with Crippen LogP contribution >= 0.6 is 0 Å². The summed E-state index contributed by atoms with van der Waals surface area (Å²) in [5, 5.41) is 12.5. The van der Waals surface area contributed by atoms with Crippen molar-refractivity contribution in [1.29, 1.82) is 0 Å². The lowest BCUT2D eigenvalue weighted by Gasteiger charge is -2.44. The summed E-state index contributed by atoms with van der Waals surface area (Å²) in [6.45, 7) is 4.07. The first kappa shape index (κ1) is 54.4. The molecule has 0 atom stereocenters. The lowest BCUT2D eigenvalue weighted by Crippen LogP contribution is -2.51. The van der Waals surface area contributed by atoms with Gasteiger partial charge in [0.2, 0.25) is 0 Å². The van der Waals surface area contributed by atoms with Crippen LogP contribution in [0.2, 0.25) is 0 Å². The maximum atomic E-state index is 12.8. The normalized spacial score (nSPS) is 18.1. The molecule has 6 aliphatic heterocycles. The standard InChI is InChI=1S/2C23H25NO5.C15H19NO3/c1-27-19-7-5-17(6-8-19)21(25)24-13-11-23(12-14-24)10-9-16-3-4-18(22(26)28-2)15-20(16)29-23;1-28-19-6-4-17(5-7-19)22(27)24-12-10-23(11-13-24)9-8-16-2-3-18(20(26)15-25)14-21(16)29-23;1-18-14(17)12-3-2-11-4-5-15(19-13(11)10-12)6-8-16-9-7-15/h3-8,15H,9-14H2,1-2H3;2-7,14,25H,8-13,15H2,1H3;2-3,10,16H,4-9H2,1H3. The number of aliphatic hydroxyl groups is 1. The summed E-state index contributed by atoms with van der Waals surface area (Å²) in [4.78, 5) is 64.6. The molecule has 3 spiro atoms. The first-order valence-corrected chi connectivity index (χ1v) is 26.6. The van der Waals surface area contributed by atoms with Crippen LogP contribution in [0.5, 0.6) is 28.7 Å². The third-order valence-corrected chi connectivity index (χ3v) is 16.2. The first-order valence-electron chi connectivity index (χ1n) is 26.6. The fraction of sp³-hybridized carbons (Fsp3) is 0.426. The van der Waals surface area contributed by atoms with Gasteiger partial charge in [-0.1, -0.05) is 24.3 Å². The zero-order valence-corrected chi connectivity index (χ0v) is 44.5. The zero-order valence-electron chi connectivity index (χ0n) is 44.5. The fourth-order valence-electron chi connectivity index (χ4n) is 11.3. The van der Waals surface area contributed by atoms with Crippen LogP contribution in [0.15, 0.2) is 103 Å². The van der Waals surface area contributed by atoms with Gasteiger partial charge in [0.25, 0.3) is 11.8 Å². The Morgan fingerprint density at radius 3 is 1.16 bits per heavy atom. The highest BCUT2D eigenvalue weighted by atomic mass is 16.5. The second-order valence-corrected chi connectivity index (χ2v) is 20.7. The average molecular weight is 1050 g/mol. The smallest absolute Gasteiger partial charge is 0.337 e. The molecule has 16 nitrogen and oxygen atoms in total. The number of hydrogen-bond donors (Lipinski definition) is 2. The molecular formula is C61H69N3O13. The van der Waals surface area contributed by atoms with E-state index in [4.69, 9.17) is 38.3 Å². The number of hydrogen-bond acceptors (Lipinski definition) is 14. The van der Waals surface area contributed by atoms with Gasteiger partial charge in [0.05, 0.1) is 39.6 Å². The summed E-state index contributed by atoms with van der Waals surface area (Å²) < 4.78 is 38.9. The molecule has 2 amide bonds. The molecule has 0 unspecified atom stereocenters. The zero-order chi connectivity index (χ0) is 54.2. The molecule has 0 bridgehead atoms. The maximum Gasteiger partial charge on any atom is 0.337 e. The Morgan fingerprint density at radius 1 is 0.468 bits per heavy atom. The van der Waals surface area contributed by atoms with Crippen molar-refractivity contribution in [3.05, 3.63) is 148 Å².